The van der Waals surface area contributed by atoms with Crippen molar-refractivity contribution in [3.05, 3.63) is 43.8 Å². The third kappa shape index (κ3) is 17.2. The van der Waals surface area contributed by atoms with Gasteiger partial charge in [0.2, 0.25) is 0 Å². The lowest BCUT2D eigenvalue weighted by atomic mass is 9.95. The van der Waals surface area contributed by atoms with Crippen LogP contribution in [0.2, 0.25) is 0 Å². The number of benzene rings is 2. The maximum absolute atomic E-state index is 2.64. The van der Waals surface area contributed by atoms with Gasteiger partial charge in [-0.3, -0.25) is 0 Å². The molecule has 0 bridgehead atoms. The quantitative estimate of drug-likeness (QED) is 0.0334. The van der Waals surface area contributed by atoms with E-state index in [1.807, 2.05) is 0 Å². The zero-order valence-corrected chi connectivity index (χ0v) is 51.5. The molecule has 0 atom stereocenters. The van der Waals surface area contributed by atoms with Gasteiger partial charge in [-0.05, 0) is 95.1 Å². The Hall–Kier alpha value is -1.50. The summed E-state index contributed by atoms with van der Waals surface area (Å²) in [4.78, 5) is 0. The van der Waals surface area contributed by atoms with Crippen LogP contribution in [0.5, 0.6) is 0 Å². The van der Waals surface area contributed by atoms with Crippen LogP contribution in [0.3, 0.4) is 0 Å². The maximum atomic E-state index is 2.64. The summed E-state index contributed by atoms with van der Waals surface area (Å²) in [6, 6.07) is 0. The fraction of sp³-hybridized carbons (Fsp3) is 0.706. The van der Waals surface area contributed by atoms with Crippen molar-refractivity contribution in [2.75, 3.05) is 0 Å². The minimum Gasteiger partial charge on any atom is -0.143 e. The molecule has 0 saturated carbocycles. The van der Waals surface area contributed by atoms with Crippen molar-refractivity contribution in [1.82, 2.24) is 0 Å². The Labute approximate surface area is 467 Å². The number of hydrogen-bond acceptors (Lipinski definition) is 5. The van der Waals surface area contributed by atoms with Gasteiger partial charge >= 0.3 is 0 Å². The molecule has 0 nitrogen and oxygen atoms in total. The summed E-state index contributed by atoms with van der Waals surface area (Å²) in [6.07, 6.45) is 61.2. The molecule has 0 spiro atoms. The first-order chi connectivity index (χ1) is 36.2. The molecule has 0 aliphatic carbocycles. The Morgan fingerprint density at radius 2 is 0.397 bits per heavy atom. The molecule has 0 fully saturated rings. The Bertz CT molecular complexity index is 2390. The Balaban J connectivity index is 1.17. The van der Waals surface area contributed by atoms with Crippen LogP contribution in [-0.2, 0) is 25.7 Å². The van der Waals surface area contributed by atoms with Gasteiger partial charge in [-0.2, -0.15) is 0 Å². The Morgan fingerprint density at radius 1 is 0.205 bits per heavy atom. The topological polar surface area (TPSA) is 0 Å². The highest BCUT2D eigenvalue weighted by molar-refractivity contribution is 7.35. The van der Waals surface area contributed by atoms with E-state index in [9.17, 15) is 0 Å². The summed E-state index contributed by atoms with van der Waals surface area (Å²) in [7, 11) is 0. The highest BCUT2D eigenvalue weighted by Crippen LogP contribution is 2.56. The van der Waals surface area contributed by atoms with Gasteiger partial charge in [-0.25, -0.2) is 0 Å². The Kier molecular flexibility index (Phi) is 27.9. The molecule has 2 aromatic carbocycles. The second kappa shape index (κ2) is 34.4. The molecule has 0 N–H and O–H groups in total. The summed E-state index contributed by atoms with van der Waals surface area (Å²) >= 11 is 10.6. The maximum Gasteiger partial charge on any atom is 0.0549 e. The van der Waals surface area contributed by atoms with Crippen molar-refractivity contribution < 1.29 is 0 Å². The van der Waals surface area contributed by atoms with Gasteiger partial charge in [-0.1, -0.05) is 259 Å². The molecular formula is C68H104S5. The molecule has 5 heteroatoms. The second-order valence-corrected chi connectivity index (χ2v) is 27.6. The average Bonchev–Trinajstić information content (AvgIpc) is 4.28. The summed E-state index contributed by atoms with van der Waals surface area (Å²) in [5.74, 6) is 0. The third-order valence-electron chi connectivity index (χ3n) is 16.9. The number of thiophene rings is 5. The molecule has 0 aliphatic heterocycles. The normalized spacial score (nSPS) is 12.3. The molecule has 0 amide bonds. The van der Waals surface area contributed by atoms with Crippen LogP contribution in [0.25, 0.3) is 60.5 Å². The Morgan fingerprint density at radius 3 is 0.630 bits per heavy atom. The largest absolute Gasteiger partial charge is 0.143 e. The van der Waals surface area contributed by atoms with Crippen molar-refractivity contribution in [1.29, 1.82) is 0 Å². The lowest BCUT2D eigenvalue weighted by Crippen LogP contribution is -1.89. The van der Waals surface area contributed by atoms with E-state index in [2.05, 4.69) is 106 Å². The summed E-state index contributed by atoms with van der Waals surface area (Å²) in [5.41, 5.74) is 6.64. The fourth-order valence-corrected chi connectivity index (χ4v) is 18.8. The predicted octanol–water partition coefficient (Wildman–Crippen LogP) is 26.8. The number of hydrogen-bond donors (Lipinski definition) is 0. The fourth-order valence-electron chi connectivity index (χ4n) is 12.5. The van der Waals surface area contributed by atoms with Gasteiger partial charge in [0.15, 0.2) is 0 Å². The smallest absolute Gasteiger partial charge is 0.0549 e. The minimum atomic E-state index is 1.24. The second-order valence-electron chi connectivity index (χ2n) is 23.1. The van der Waals surface area contributed by atoms with Crippen LogP contribution in [0.1, 0.15) is 307 Å². The van der Waals surface area contributed by atoms with Gasteiger partial charge < -0.3 is 0 Å². The predicted molar refractivity (Wildman–Crippen MR) is 343 cm³/mol. The lowest BCUT2D eigenvalue weighted by molar-refractivity contribution is 0.556. The number of rotatable bonds is 44. The van der Waals surface area contributed by atoms with E-state index < -0.39 is 0 Å². The van der Waals surface area contributed by atoms with E-state index in [0.717, 1.165) is 0 Å². The van der Waals surface area contributed by atoms with Crippen LogP contribution < -0.4 is 0 Å². The number of unbranched alkanes of at least 4 members (excludes halogenated alkanes) is 36. The zero-order valence-electron chi connectivity index (χ0n) is 47.5. The van der Waals surface area contributed by atoms with Crippen LogP contribution in [0, 0.1) is 0 Å². The lowest BCUT2D eigenvalue weighted by Gasteiger charge is -2.09. The molecule has 0 aliphatic rings. The number of aryl methyl sites for hydroxylation is 4. The molecular weight excluding hydrogens is 977 g/mol. The summed E-state index contributed by atoms with van der Waals surface area (Å²) in [6.45, 7) is 9.33. The van der Waals surface area contributed by atoms with Crippen LogP contribution in [0.15, 0.2) is 21.5 Å². The monoisotopic (exact) mass is 1080 g/mol. The van der Waals surface area contributed by atoms with Crippen molar-refractivity contribution >= 4 is 117 Å². The van der Waals surface area contributed by atoms with Gasteiger partial charge in [0.25, 0.3) is 0 Å². The first kappa shape index (κ1) is 59.2. The summed E-state index contributed by atoms with van der Waals surface area (Å²) in [5, 5.41) is 20.4. The van der Waals surface area contributed by atoms with Crippen molar-refractivity contribution in [2.24, 2.45) is 0 Å². The third-order valence-corrected chi connectivity index (χ3v) is 22.6. The van der Waals surface area contributed by atoms with Crippen LogP contribution >= 0.6 is 56.7 Å². The van der Waals surface area contributed by atoms with E-state index in [-0.39, 0.29) is 0 Å². The highest BCUT2D eigenvalue weighted by atomic mass is 32.1. The van der Waals surface area contributed by atoms with Crippen LogP contribution in [0.4, 0.5) is 0 Å². The molecule has 7 rings (SSSR count). The number of fused-ring (bicyclic) bond motifs is 13. The van der Waals surface area contributed by atoms with Gasteiger partial charge in [-0.15, -0.1) is 56.7 Å². The van der Waals surface area contributed by atoms with Crippen molar-refractivity contribution in [3.63, 3.8) is 0 Å². The van der Waals surface area contributed by atoms with Gasteiger partial charge in [0, 0.05) is 41.7 Å². The molecule has 0 unspecified atom stereocenters. The SMILES string of the molecule is CCCCCCCCCCCCc1csc2c3sc4c5scc(CCCCCCCCCCCC)c5c5c(CCCCCCCCCCCC)csc5c4c3c3scc(CCCCCCCCCCCC)c3c12. The summed E-state index contributed by atoms with van der Waals surface area (Å²) < 4.78 is 9.66. The first-order valence-electron chi connectivity index (χ1n) is 31.8. The van der Waals surface area contributed by atoms with Gasteiger partial charge in [0.05, 0.1) is 18.8 Å². The van der Waals surface area contributed by atoms with Crippen molar-refractivity contribution in [3.8, 4) is 0 Å². The molecule has 5 heterocycles. The zero-order chi connectivity index (χ0) is 50.7. The minimum absolute atomic E-state index is 1.24. The molecule has 406 valence electrons. The van der Waals surface area contributed by atoms with E-state index in [4.69, 9.17) is 0 Å². The molecule has 5 aromatic heterocycles. The molecule has 7 aromatic rings. The van der Waals surface area contributed by atoms with E-state index in [0.29, 0.717) is 0 Å². The van der Waals surface area contributed by atoms with E-state index in [1.165, 1.54) is 283 Å². The van der Waals surface area contributed by atoms with E-state index >= 15 is 0 Å². The molecule has 0 radical (unpaired) electrons. The standard InChI is InChI=1S/C68H104S5/c1-5-9-13-17-21-25-29-33-37-41-45-53-49-69-63-57(53)59-55(47-43-39-35-31-27-23-19-15-11-7-3)51-71-65(59)67-61(63)62-64-58(54(50-70-64)46-42-38-34-30-26-22-18-14-10-6-2)60-56(52-72-66(60)68(62)73-67)48-44-40-36-32-28-24-20-16-12-8-4/h49-52H,5-48H2,1-4H3. The molecule has 73 heavy (non-hydrogen) atoms. The first-order valence-corrected chi connectivity index (χ1v) is 36.2. The van der Waals surface area contributed by atoms with Crippen molar-refractivity contribution in [2.45, 2.75) is 310 Å². The average molecular weight is 1080 g/mol. The van der Waals surface area contributed by atoms with E-state index in [1.54, 1.807) is 82.8 Å². The van der Waals surface area contributed by atoms with Gasteiger partial charge in [0.1, 0.15) is 0 Å². The molecule has 0 saturated heterocycles. The van der Waals surface area contributed by atoms with Crippen LogP contribution in [-0.4, -0.2) is 0 Å². The highest BCUT2D eigenvalue weighted by Gasteiger charge is 2.26.